The smallest absolute Gasteiger partial charge is 0.271 e. The molecule has 3 heterocycles. The average Bonchev–Trinajstić information content (AvgIpc) is 2.94. The zero-order chi connectivity index (χ0) is 16.4. The largest absolute Gasteiger partial charge is 0.392 e. The Kier molecular flexibility index (Phi) is 3.94. The number of nitrogens with zero attached hydrogens (tertiary/aromatic N) is 2. The van der Waals surface area contributed by atoms with Gasteiger partial charge in [0, 0.05) is 41.0 Å². The van der Waals surface area contributed by atoms with Crippen LogP contribution in [0.25, 0.3) is 11.1 Å². The molecule has 0 atom stereocenters. The zero-order valence-electron chi connectivity index (χ0n) is 12.8. The lowest BCUT2D eigenvalue weighted by atomic mass is 10.0. The maximum atomic E-state index is 12.0. The number of aliphatic hydroxyl groups is 1. The number of hydrogen-bond acceptors (Lipinski definition) is 5. The molecule has 0 aromatic carbocycles. The normalized spacial score (nSPS) is 10.7. The Balaban J connectivity index is 2.04. The molecular formula is C16H17N5O2. The van der Waals surface area contributed by atoms with Gasteiger partial charge in [0.15, 0.2) is 5.82 Å². The van der Waals surface area contributed by atoms with Crippen molar-refractivity contribution in [2.45, 2.75) is 20.5 Å². The number of pyridine rings is 2. The van der Waals surface area contributed by atoms with Crippen molar-refractivity contribution in [3.63, 3.8) is 0 Å². The van der Waals surface area contributed by atoms with Crippen molar-refractivity contribution in [1.82, 2.24) is 20.2 Å². The summed E-state index contributed by atoms with van der Waals surface area (Å²) in [7, 11) is 0. The summed E-state index contributed by atoms with van der Waals surface area (Å²) in [5.74, 6) is 0.568. The van der Waals surface area contributed by atoms with E-state index in [2.05, 4.69) is 25.5 Å². The number of aromatic nitrogens is 4. The van der Waals surface area contributed by atoms with Crippen molar-refractivity contribution in [3.05, 3.63) is 57.9 Å². The Bertz CT molecular complexity index is 897. The first kappa shape index (κ1) is 15.0. The van der Waals surface area contributed by atoms with Crippen molar-refractivity contribution in [2.24, 2.45) is 0 Å². The van der Waals surface area contributed by atoms with Crippen molar-refractivity contribution >= 4 is 11.5 Å². The second-order valence-corrected chi connectivity index (χ2v) is 5.27. The third-order valence-electron chi connectivity index (χ3n) is 3.61. The third kappa shape index (κ3) is 3.00. The molecule has 23 heavy (non-hydrogen) atoms. The summed E-state index contributed by atoms with van der Waals surface area (Å²) in [6, 6.07) is 5.35. The number of rotatable bonds is 4. The molecule has 0 spiro atoms. The predicted molar refractivity (Wildman–Crippen MR) is 87.6 cm³/mol. The third-order valence-corrected chi connectivity index (χ3v) is 3.61. The van der Waals surface area contributed by atoms with Crippen LogP contribution in [0.3, 0.4) is 0 Å². The Morgan fingerprint density at radius 3 is 2.83 bits per heavy atom. The molecule has 0 aliphatic heterocycles. The minimum Gasteiger partial charge on any atom is -0.392 e. The van der Waals surface area contributed by atoms with Gasteiger partial charge in [-0.05, 0) is 31.5 Å². The Morgan fingerprint density at radius 2 is 2.13 bits per heavy atom. The summed E-state index contributed by atoms with van der Waals surface area (Å²) in [5.41, 5.74) is 4.15. The first-order valence-corrected chi connectivity index (χ1v) is 7.16. The van der Waals surface area contributed by atoms with E-state index in [1.807, 2.05) is 26.0 Å². The number of aromatic amines is 2. The molecule has 0 saturated heterocycles. The summed E-state index contributed by atoms with van der Waals surface area (Å²) in [6.07, 6.45) is 3.30. The van der Waals surface area contributed by atoms with E-state index in [0.717, 1.165) is 28.1 Å². The molecule has 0 saturated carbocycles. The van der Waals surface area contributed by atoms with Crippen LogP contribution in [0.2, 0.25) is 0 Å². The van der Waals surface area contributed by atoms with E-state index in [9.17, 15) is 9.90 Å². The van der Waals surface area contributed by atoms with Crippen LogP contribution >= 0.6 is 0 Å². The topological polar surface area (TPSA) is 107 Å². The van der Waals surface area contributed by atoms with Gasteiger partial charge in [-0.25, -0.2) is 0 Å². The van der Waals surface area contributed by atoms with Gasteiger partial charge < -0.3 is 15.4 Å². The fraction of sp³-hybridized carbons (Fsp3) is 0.188. The molecule has 118 valence electrons. The first-order chi connectivity index (χ1) is 11.1. The molecule has 7 heteroatoms. The van der Waals surface area contributed by atoms with Gasteiger partial charge in [0.25, 0.3) is 5.56 Å². The number of anilines is 2. The highest BCUT2D eigenvalue weighted by atomic mass is 16.3. The van der Waals surface area contributed by atoms with Crippen LogP contribution in [0.1, 0.15) is 17.0 Å². The van der Waals surface area contributed by atoms with Crippen LogP contribution in [0, 0.1) is 13.8 Å². The second kappa shape index (κ2) is 6.05. The fourth-order valence-corrected chi connectivity index (χ4v) is 2.42. The van der Waals surface area contributed by atoms with Crippen LogP contribution in [0.15, 0.2) is 35.4 Å². The van der Waals surface area contributed by atoms with E-state index >= 15 is 0 Å². The molecule has 3 rings (SSSR count). The van der Waals surface area contributed by atoms with E-state index in [1.165, 1.54) is 0 Å². The van der Waals surface area contributed by atoms with Gasteiger partial charge in [-0.3, -0.25) is 14.9 Å². The lowest BCUT2D eigenvalue weighted by Gasteiger charge is -2.11. The summed E-state index contributed by atoms with van der Waals surface area (Å²) < 4.78 is 0. The molecule has 0 bridgehead atoms. The Morgan fingerprint density at radius 1 is 1.30 bits per heavy atom. The predicted octanol–water partition coefficient (Wildman–Crippen LogP) is 2.01. The monoisotopic (exact) mass is 311 g/mol. The number of hydrogen-bond donors (Lipinski definition) is 4. The summed E-state index contributed by atoms with van der Waals surface area (Å²) in [6.45, 7) is 3.61. The van der Waals surface area contributed by atoms with Gasteiger partial charge in [-0.2, -0.15) is 5.10 Å². The van der Waals surface area contributed by atoms with E-state index in [1.54, 1.807) is 18.5 Å². The fourth-order valence-electron chi connectivity index (χ4n) is 2.42. The first-order valence-electron chi connectivity index (χ1n) is 7.16. The maximum absolute atomic E-state index is 12.0. The van der Waals surface area contributed by atoms with E-state index in [4.69, 9.17) is 0 Å². The number of aliphatic hydroxyl groups excluding tert-OH is 1. The standard InChI is InChI=1S/C16H17N5O2/c1-9-5-15(21-20-9)19-14-6-11(7-18-16(14)23)12-3-4-17-10(2)13(12)8-22/h3-7,22H,8H2,1-2H3,(H,18,23)(H2,19,20,21). The van der Waals surface area contributed by atoms with Crippen molar-refractivity contribution in [2.75, 3.05) is 5.32 Å². The molecule has 0 aliphatic rings. The molecular weight excluding hydrogens is 294 g/mol. The summed E-state index contributed by atoms with van der Waals surface area (Å²) in [4.78, 5) is 18.9. The van der Waals surface area contributed by atoms with Crippen LogP contribution in [-0.4, -0.2) is 25.3 Å². The maximum Gasteiger partial charge on any atom is 0.271 e. The minimum atomic E-state index is -0.245. The van der Waals surface area contributed by atoms with Gasteiger partial charge >= 0.3 is 0 Å². The number of H-pyrrole nitrogens is 2. The molecule has 0 unspecified atom stereocenters. The Hall–Kier alpha value is -2.93. The molecule has 7 nitrogen and oxygen atoms in total. The summed E-state index contributed by atoms with van der Waals surface area (Å²) in [5, 5.41) is 19.4. The van der Waals surface area contributed by atoms with Gasteiger partial charge in [0.1, 0.15) is 5.69 Å². The summed E-state index contributed by atoms with van der Waals surface area (Å²) >= 11 is 0. The lowest BCUT2D eigenvalue weighted by Crippen LogP contribution is -2.11. The molecule has 0 radical (unpaired) electrons. The molecule has 3 aromatic rings. The highest BCUT2D eigenvalue weighted by Gasteiger charge is 2.11. The van der Waals surface area contributed by atoms with Gasteiger partial charge in [0.05, 0.1) is 6.61 Å². The highest BCUT2D eigenvalue weighted by Crippen LogP contribution is 2.26. The van der Waals surface area contributed by atoms with Crippen molar-refractivity contribution < 1.29 is 5.11 Å². The van der Waals surface area contributed by atoms with Crippen molar-refractivity contribution in [1.29, 1.82) is 0 Å². The van der Waals surface area contributed by atoms with Gasteiger partial charge in [0.2, 0.25) is 0 Å². The lowest BCUT2D eigenvalue weighted by molar-refractivity contribution is 0.281. The average molecular weight is 311 g/mol. The van der Waals surface area contributed by atoms with Crippen LogP contribution in [0.5, 0.6) is 0 Å². The number of aryl methyl sites for hydroxylation is 2. The highest BCUT2D eigenvalue weighted by molar-refractivity contribution is 5.71. The van der Waals surface area contributed by atoms with Crippen molar-refractivity contribution in [3.8, 4) is 11.1 Å². The molecule has 0 aliphatic carbocycles. The molecule has 3 aromatic heterocycles. The van der Waals surface area contributed by atoms with Gasteiger partial charge in [-0.1, -0.05) is 0 Å². The van der Waals surface area contributed by atoms with E-state index in [-0.39, 0.29) is 12.2 Å². The molecule has 0 amide bonds. The Labute approximate surface area is 132 Å². The number of nitrogens with one attached hydrogen (secondary N) is 3. The molecule has 0 fully saturated rings. The zero-order valence-corrected chi connectivity index (χ0v) is 12.8. The van der Waals surface area contributed by atoms with Crippen LogP contribution < -0.4 is 10.9 Å². The quantitative estimate of drug-likeness (QED) is 0.589. The van der Waals surface area contributed by atoms with E-state index in [0.29, 0.717) is 11.5 Å². The SMILES string of the molecule is Cc1cc(Nc2cc(-c3ccnc(C)c3CO)c[nH]c2=O)n[nH]1. The van der Waals surface area contributed by atoms with Crippen LogP contribution in [-0.2, 0) is 6.61 Å². The van der Waals surface area contributed by atoms with Gasteiger partial charge in [-0.15, -0.1) is 0 Å². The molecule has 4 N–H and O–H groups in total. The second-order valence-electron chi connectivity index (χ2n) is 5.27. The van der Waals surface area contributed by atoms with Crippen LogP contribution in [0.4, 0.5) is 11.5 Å². The minimum absolute atomic E-state index is 0.116. The van der Waals surface area contributed by atoms with E-state index < -0.39 is 0 Å².